The Morgan fingerprint density at radius 3 is 2.15 bits per heavy atom. The van der Waals surface area contributed by atoms with Gasteiger partial charge in [-0.15, -0.1) is 0 Å². The second-order valence-electron chi connectivity index (χ2n) is 16.2. The molecule has 2 atom stereocenters. The highest BCUT2D eigenvalue weighted by Crippen LogP contribution is 2.58. The van der Waals surface area contributed by atoms with Crippen LogP contribution >= 0.6 is 0 Å². The number of para-hydroxylation sites is 1. The number of fused-ring (bicyclic) bond motifs is 9. The Kier molecular flexibility index (Phi) is 6.99. The summed E-state index contributed by atoms with van der Waals surface area (Å²) >= 11 is 0. The van der Waals surface area contributed by atoms with Gasteiger partial charge in [-0.25, -0.2) is 0 Å². The Bertz CT molecular complexity index is 2970. The Labute approximate surface area is 323 Å². The summed E-state index contributed by atoms with van der Waals surface area (Å²) in [6.45, 7) is 9.35. The van der Waals surface area contributed by atoms with Crippen LogP contribution in [0.4, 0.5) is 0 Å². The molecule has 1 nitrogen and oxygen atoms in total. The summed E-state index contributed by atoms with van der Waals surface area (Å²) in [5.41, 5.74) is 23.7. The quantitative estimate of drug-likeness (QED) is 0.172. The third kappa shape index (κ3) is 4.41. The van der Waals surface area contributed by atoms with Crippen molar-refractivity contribution in [3.63, 3.8) is 0 Å². The normalized spacial score (nSPS) is 18.1. The number of nitrogens with zero attached hydrogens (tertiary/aromatic N) is 1. The lowest BCUT2D eigenvalue weighted by atomic mass is 9.66. The summed E-state index contributed by atoms with van der Waals surface area (Å²) in [4.78, 5) is 0. The first kappa shape index (κ1) is 32.3. The Hall–Kier alpha value is -6.18. The molecule has 0 saturated carbocycles. The van der Waals surface area contributed by atoms with Crippen LogP contribution < -0.4 is 0 Å². The van der Waals surface area contributed by atoms with E-state index in [2.05, 4.69) is 190 Å². The number of aromatic nitrogens is 1. The van der Waals surface area contributed by atoms with E-state index in [1.54, 1.807) is 0 Å². The van der Waals surface area contributed by atoms with E-state index < -0.39 is 5.41 Å². The zero-order valence-electron chi connectivity index (χ0n) is 31.9. The molecule has 1 heterocycles. The van der Waals surface area contributed by atoms with Crippen LogP contribution in [0.1, 0.15) is 70.3 Å². The fraction of sp³-hybridized carbons (Fsp3) is 0.148. The molecule has 1 aromatic heterocycles. The number of benzene rings is 7. The summed E-state index contributed by atoms with van der Waals surface area (Å²) in [7, 11) is 0. The van der Waals surface area contributed by atoms with Gasteiger partial charge in [-0.05, 0) is 147 Å². The molecule has 7 aromatic carbocycles. The molecule has 3 aliphatic rings. The first-order valence-electron chi connectivity index (χ1n) is 19.9. The highest BCUT2D eigenvalue weighted by Gasteiger charge is 2.47. The number of allylic oxidation sites excluding steroid dienone is 4. The molecule has 3 aliphatic carbocycles. The lowest BCUT2D eigenvalue weighted by Gasteiger charge is -2.36. The lowest BCUT2D eigenvalue weighted by molar-refractivity contribution is 0.748. The lowest BCUT2D eigenvalue weighted by Crippen LogP contribution is -2.30. The fourth-order valence-electron chi connectivity index (χ4n) is 10.8. The predicted octanol–water partition coefficient (Wildman–Crippen LogP) is 13.7. The van der Waals surface area contributed by atoms with Crippen molar-refractivity contribution < 1.29 is 0 Å². The van der Waals surface area contributed by atoms with Crippen LogP contribution in [-0.4, -0.2) is 4.57 Å². The standard InChI is InChI=1S/C54H43N/c1-33-16-14-17-34(2)53(33)43-31-44-41-22-10-12-25-47(41)54(49(44)29-35(43)3,38-19-6-5-7-20-38)48-32-52-45(28-36(48)4)42-23-11-13-26-50(42)55(52)51-27-15-24-40-39-21-9-8-18-37(39)30-46(40)51/h5-16,18-29,31-32,34H,17,30H2,1-4H3. The van der Waals surface area contributed by atoms with Crippen molar-refractivity contribution in [1.29, 1.82) is 0 Å². The van der Waals surface area contributed by atoms with Gasteiger partial charge in [-0.3, -0.25) is 0 Å². The van der Waals surface area contributed by atoms with Crippen LogP contribution in [0.2, 0.25) is 0 Å². The molecule has 1 heteroatoms. The van der Waals surface area contributed by atoms with E-state index in [1.165, 1.54) is 111 Å². The van der Waals surface area contributed by atoms with Crippen LogP contribution in [0.5, 0.6) is 0 Å². The SMILES string of the molecule is CC1=C(c2cc3c(cc2C)C(c2ccccc2)(c2cc4c(cc2C)c2ccccc2n4-c2cccc4c2Cc2ccccc2-4)c2ccccc2-3)C(C)CC=C1. The van der Waals surface area contributed by atoms with Crippen molar-refractivity contribution in [1.82, 2.24) is 4.57 Å². The molecule has 0 N–H and O–H groups in total. The molecule has 264 valence electrons. The van der Waals surface area contributed by atoms with Gasteiger partial charge in [-0.2, -0.15) is 0 Å². The first-order chi connectivity index (χ1) is 26.9. The number of rotatable bonds is 4. The van der Waals surface area contributed by atoms with Gasteiger partial charge in [0.25, 0.3) is 0 Å². The Morgan fingerprint density at radius 2 is 1.29 bits per heavy atom. The van der Waals surface area contributed by atoms with Gasteiger partial charge in [0.15, 0.2) is 0 Å². The molecule has 0 aliphatic heterocycles. The maximum absolute atomic E-state index is 2.57. The van der Waals surface area contributed by atoms with Gasteiger partial charge in [0.2, 0.25) is 0 Å². The molecule has 55 heavy (non-hydrogen) atoms. The van der Waals surface area contributed by atoms with Crippen LogP contribution in [0.15, 0.2) is 163 Å². The van der Waals surface area contributed by atoms with Crippen LogP contribution in [0.3, 0.4) is 0 Å². The maximum atomic E-state index is 2.57. The summed E-state index contributed by atoms with van der Waals surface area (Å²) in [5, 5.41) is 2.59. The van der Waals surface area contributed by atoms with Crippen molar-refractivity contribution in [2.75, 3.05) is 0 Å². The van der Waals surface area contributed by atoms with Crippen LogP contribution in [0, 0.1) is 19.8 Å². The zero-order valence-corrected chi connectivity index (χ0v) is 31.9. The molecular formula is C54H43N. The summed E-state index contributed by atoms with van der Waals surface area (Å²) in [6, 6.07) is 55.5. The van der Waals surface area contributed by atoms with Gasteiger partial charge in [-0.1, -0.05) is 134 Å². The molecule has 0 fully saturated rings. The van der Waals surface area contributed by atoms with E-state index in [4.69, 9.17) is 0 Å². The highest BCUT2D eigenvalue weighted by atomic mass is 15.0. The molecule has 8 aromatic rings. The van der Waals surface area contributed by atoms with Gasteiger partial charge in [0.05, 0.1) is 22.1 Å². The van der Waals surface area contributed by atoms with Crippen molar-refractivity contribution in [2.24, 2.45) is 5.92 Å². The van der Waals surface area contributed by atoms with E-state index in [0.29, 0.717) is 5.92 Å². The highest BCUT2D eigenvalue weighted by molar-refractivity contribution is 6.10. The molecule has 0 spiro atoms. The van der Waals surface area contributed by atoms with Gasteiger partial charge >= 0.3 is 0 Å². The van der Waals surface area contributed by atoms with Crippen molar-refractivity contribution in [3.8, 4) is 27.9 Å². The zero-order chi connectivity index (χ0) is 37.0. The molecule has 0 radical (unpaired) electrons. The fourth-order valence-corrected chi connectivity index (χ4v) is 10.8. The predicted molar refractivity (Wildman–Crippen MR) is 231 cm³/mol. The van der Waals surface area contributed by atoms with E-state index in [1.807, 2.05) is 0 Å². The summed E-state index contributed by atoms with van der Waals surface area (Å²) in [5.74, 6) is 0.482. The van der Waals surface area contributed by atoms with Crippen molar-refractivity contribution in [2.45, 2.75) is 46.0 Å². The van der Waals surface area contributed by atoms with Gasteiger partial charge in [0, 0.05) is 17.2 Å². The Balaban J connectivity index is 1.25. The topological polar surface area (TPSA) is 4.93 Å². The van der Waals surface area contributed by atoms with Crippen LogP contribution in [-0.2, 0) is 11.8 Å². The minimum Gasteiger partial charge on any atom is -0.309 e. The molecule has 0 saturated heterocycles. The Morgan fingerprint density at radius 1 is 0.545 bits per heavy atom. The van der Waals surface area contributed by atoms with E-state index >= 15 is 0 Å². The molecule has 0 amide bonds. The number of hydrogen-bond acceptors (Lipinski definition) is 0. The second kappa shape index (κ2) is 11.9. The number of aryl methyl sites for hydroxylation is 2. The molecular weight excluding hydrogens is 663 g/mol. The smallest absolute Gasteiger partial charge is 0.0716 e. The maximum Gasteiger partial charge on any atom is 0.0716 e. The second-order valence-corrected chi connectivity index (χ2v) is 16.2. The molecule has 0 bridgehead atoms. The monoisotopic (exact) mass is 705 g/mol. The van der Waals surface area contributed by atoms with E-state index in [9.17, 15) is 0 Å². The molecule has 2 unspecified atom stereocenters. The van der Waals surface area contributed by atoms with E-state index in [0.717, 1.165) is 12.8 Å². The largest absolute Gasteiger partial charge is 0.309 e. The van der Waals surface area contributed by atoms with Gasteiger partial charge in [0.1, 0.15) is 0 Å². The summed E-state index contributed by atoms with van der Waals surface area (Å²) < 4.78 is 2.57. The van der Waals surface area contributed by atoms with Gasteiger partial charge < -0.3 is 4.57 Å². The van der Waals surface area contributed by atoms with E-state index in [-0.39, 0.29) is 0 Å². The van der Waals surface area contributed by atoms with Crippen molar-refractivity contribution in [3.05, 3.63) is 213 Å². The minimum atomic E-state index is -0.508. The van der Waals surface area contributed by atoms with Crippen LogP contribution in [0.25, 0.3) is 55.3 Å². The first-order valence-corrected chi connectivity index (χ1v) is 19.9. The summed E-state index contributed by atoms with van der Waals surface area (Å²) in [6.07, 6.45) is 6.68. The number of hydrogen-bond donors (Lipinski definition) is 0. The molecule has 11 rings (SSSR count). The minimum absolute atomic E-state index is 0.482. The third-order valence-corrected chi connectivity index (χ3v) is 13.2. The third-order valence-electron chi connectivity index (χ3n) is 13.2. The average Bonchev–Trinajstić information content (AvgIpc) is 3.84. The average molecular weight is 706 g/mol. The van der Waals surface area contributed by atoms with Crippen molar-refractivity contribution >= 4 is 27.4 Å².